The highest BCUT2D eigenvalue weighted by molar-refractivity contribution is 5.29. The fourth-order valence-corrected chi connectivity index (χ4v) is 2.53. The predicted octanol–water partition coefficient (Wildman–Crippen LogP) is 1.38. The average molecular weight is 282 g/mol. The van der Waals surface area contributed by atoms with E-state index in [1.165, 1.54) is 26.0 Å². The van der Waals surface area contributed by atoms with Crippen LogP contribution < -0.4 is 10.1 Å². The van der Waals surface area contributed by atoms with E-state index in [0.717, 1.165) is 18.7 Å². The van der Waals surface area contributed by atoms with Crippen LogP contribution in [0.3, 0.4) is 0 Å². The third kappa shape index (κ3) is 4.44. The Balaban J connectivity index is 1.70. The molecule has 112 valence electrons. The Labute approximate surface area is 119 Å². The molecule has 20 heavy (non-hydrogen) atoms. The van der Waals surface area contributed by atoms with E-state index in [0.29, 0.717) is 19.6 Å². The van der Waals surface area contributed by atoms with Crippen LogP contribution in [-0.4, -0.2) is 49.4 Å². The van der Waals surface area contributed by atoms with Gasteiger partial charge >= 0.3 is 0 Å². The molecule has 0 saturated carbocycles. The number of nitrogens with one attached hydrogen (secondary N) is 1. The zero-order valence-electron chi connectivity index (χ0n) is 11.9. The SMILES string of the molecule is COc1ccc(CNCC(O)CN2CCCC2)cc1F. The minimum atomic E-state index is -0.379. The quantitative estimate of drug-likeness (QED) is 0.793. The molecule has 0 radical (unpaired) electrons. The summed E-state index contributed by atoms with van der Waals surface area (Å²) in [4.78, 5) is 2.28. The van der Waals surface area contributed by atoms with Crippen LogP contribution in [0.15, 0.2) is 18.2 Å². The predicted molar refractivity (Wildman–Crippen MR) is 76.3 cm³/mol. The lowest BCUT2D eigenvalue weighted by Gasteiger charge is -2.19. The summed E-state index contributed by atoms with van der Waals surface area (Å²) < 4.78 is 18.4. The van der Waals surface area contributed by atoms with Gasteiger partial charge < -0.3 is 20.1 Å². The molecule has 0 amide bonds. The highest BCUT2D eigenvalue weighted by atomic mass is 19.1. The van der Waals surface area contributed by atoms with Gasteiger partial charge in [-0.2, -0.15) is 0 Å². The largest absolute Gasteiger partial charge is 0.494 e. The molecule has 2 N–H and O–H groups in total. The lowest BCUT2D eigenvalue weighted by molar-refractivity contribution is 0.123. The molecule has 0 aromatic heterocycles. The maximum atomic E-state index is 13.5. The van der Waals surface area contributed by atoms with Gasteiger partial charge in [-0.25, -0.2) is 4.39 Å². The molecule has 1 unspecified atom stereocenters. The number of β-amino-alcohol motifs (C(OH)–C–C–N with tert-alkyl or cyclic N) is 1. The Morgan fingerprint density at radius 2 is 2.15 bits per heavy atom. The Bertz CT molecular complexity index is 422. The van der Waals surface area contributed by atoms with E-state index < -0.39 is 0 Å². The van der Waals surface area contributed by atoms with Gasteiger partial charge in [0.15, 0.2) is 11.6 Å². The fraction of sp³-hybridized carbons (Fsp3) is 0.600. The molecule has 1 aliphatic heterocycles. The number of hydrogen-bond acceptors (Lipinski definition) is 4. The standard InChI is InChI=1S/C15H23FN2O2/c1-20-15-5-4-12(8-14(15)16)9-17-10-13(19)11-18-6-2-3-7-18/h4-5,8,13,17,19H,2-3,6-7,9-11H2,1H3. The van der Waals surface area contributed by atoms with Crippen LogP contribution >= 0.6 is 0 Å². The monoisotopic (exact) mass is 282 g/mol. The number of likely N-dealkylation sites (tertiary alicyclic amines) is 1. The number of aliphatic hydroxyl groups excluding tert-OH is 1. The number of hydrogen-bond donors (Lipinski definition) is 2. The van der Waals surface area contributed by atoms with Crippen LogP contribution in [0, 0.1) is 5.82 Å². The van der Waals surface area contributed by atoms with Crippen LogP contribution in [0.4, 0.5) is 4.39 Å². The number of ether oxygens (including phenoxy) is 1. The molecule has 1 heterocycles. The van der Waals surface area contributed by atoms with Crippen LogP contribution in [-0.2, 0) is 6.54 Å². The molecule has 0 aliphatic carbocycles. The first-order chi connectivity index (χ1) is 9.69. The van der Waals surface area contributed by atoms with Crippen LogP contribution in [0.2, 0.25) is 0 Å². The first-order valence-electron chi connectivity index (χ1n) is 7.12. The van der Waals surface area contributed by atoms with Gasteiger partial charge in [-0.05, 0) is 43.6 Å². The summed E-state index contributed by atoms with van der Waals surface area (Å²) in [5.41, 5.74) is 0.844. The second kappa shape index (κ2) is 7.57. The average Bonchev–Trinajstić information content (AvgIpc) is 2.92. The van der Waals surface area contributed by atoms with Crippen LogP contribution in [0.1, 0.15) is 18.4 Å². The van der Waals surface area contributed by atoms with E-state index in [1.807, 2.05) is 6.07 Å². The first-order valence-corrected chi connectivity index (χ1v) is 7.12. The minimum absolute atomic E-state index is 0.253. The van der Waals surface area contributed by atoms with E-state index in [-0.39, 0.29) is 17.7 Å². The van der Waals surface area contributed by atoms with Gasteiger partial charge in [0.25, 0.3) is 0 Å². The summed E-state index contributed by atoms with van der Waals surface area (Å²) in [6.45, 7) is 3.94. The molecular weight excluding hydrogens is 259 g/mol. The van der Waals surface area contributed by atoms with Gasteiger partial charge in [0.1, 0.15) is 0 Å². The Hall–Kier alpha value is -1.17. The third-order valence-corrected chi connectivity index (χ3v) is 3.59. The second-order valence-corrected chi connectivity index (χ2v) is 5.26. The van der Waals surface area contributed by atoms with Gasteiger partial charge in [0, 0.05) is 19.6 Å². The fourth-order valence-electron chi connectivity index (χ4n) is 2.53. The molecule has 0 spiro atoms. The van der Waals surface area contributed by atoms with Crippen molar-refractivity contribution in [3.63, 3.8) is 0 Å². The summed E-state index contributed by atoms with van der Waals surface area (Å²) in [5.74, 6) is -0.104. The summed E-state index contributed by atoms with van der Waals surface area (Å²) in [5, 5.41) is 13.1. The molecule has 1 saturated heterocycles. The number of nitrogens with zero attached hydrogens (tertiary/aromatic N) is 1. The zero-order valence-corrected chi connectivity index (χ0v) is 11.9. The van der Waals surface area contributed by atoms with Crippen molar-refractivity contribution in [2.24, 2.45) is 0 Å². The molecule has 4 nitrogen and oxygen atoms in total. The third-order valence-electron chi connectivity index (χ3n) is 3.59. The summed E-state index contributed by atoms with van der Waals surface area (Å²) in [6, 6.07) is 4.90. The van der Waals surface area contributed by atoms with Gasteiger partial charge in [-0.15, -0.1) is 0 Å². The summed E-state index contributed by atoms with van der Waals surface area (Å²) in [6.07, 6.45) is 2.08. The van der Waals surface area contributed by atoms with Crippen LogP contribution in [0.5, 0.6) is 5.75 Å². The van der Waals surface area contributed by atoms with E-state index >= 15 is 0 Å². The number of aliphatic hydroxyl groups is 1. The highest BCUT2D eigenvalue weighted by Gasteiger charge is 2.15. The highest BCUT2D eigenvalue weighted by Crippen LogP contribution is 2.17. The second-order valence-electron chi connectivity index (χ2n) is 5.26. The van der Waals surface area contributed by atoms with Gasteiger partial charge in [-0.3, -0.25) is 0 Å². The molecule has 1 aliphatic rings. The maximum Gasteiger partial charge on any atom is 0.165 e. The number of halogens is 1. The van der Waals surface area contributed by atoms with Crippen LogP contribution in [0.25, 0.3) is 0 Å². The van der Waals surface area contributed by atoms with Crippen molar-refractivity contribution in [1.82, 2.24) is 10.2 Å². The Morgan fingerprint density at radius 3 is 2.80 bits per heavy atom. The van der Waals surface area contributed by atoms with Crippen molar-refractivity contribution in [3.8, 4) is 5.75 Å². The summed E-state index contributed by atoms with van der Waals surface area (Å²) >= 11 is 0. The van der Waals surface area contributed by atoms with Crippen molar-refractivity contribution in [3.05, 3.63) is 29.6 Å². The van der Waals surface area contributed by atoms with Gasteiger partial charge in [0.05, 0.1) is 13.2 Å². The Morgan fingerprint density at radius 1 is 1.40 bits per heavy atom. The maximum absolute atomic E-state index is 13.5. The van der Waals surface area contributed by atoms with Gasteiger partial charge in [0.2, 0.25) is 0 Å². The topological polar surface area (TPSA) is 44.7 Å². The zero-order chi connectivity index (χ0) is 14.4. The van der Waals surface area contributed by atoms with Gasteiger partial charge in [-0.1, -0.05) is 6.07 Å². The molecule has 0 bridgehead atoms. The minimum Gasteiger partial charge on any atom is -0.494 e. The van der Waals surface area contributed by atoms with E-state index in [1.54, 1.807) is 6.07 Å². The normalized spacial score (nSPS) is 17.4. The van der Waals surface area contributed by atoms with Crippen molar-refractivity contribution < 1.29 is 14.2 Å². The number of benzene rings is 1. The molecular formula is C15H23FN2O2. The molecule has 1 fully saturated rings. The lowest BCUT2D eigenvalue weighted by Crippen LogP contribution is -2.36. The molecule has 1 atom stereocenters. The lowest BCUT2D eigenvalue weighted by atomic mass is 10.2. The number of methoxy groups -OCH3 is 1. The molecule has 1 aromatic carbocycles. The molecule has 1 aromatic rings. The Kier molecular flexibility index (Phi) is 5.76. The van der Waals surface area contributed by atoms with Crippen molar-refractivity contribution in [1.29, 1.82) is 0 Å². The van der Waals surface area contributed by atoms with E-state index in [4.69, 9.17) is 4.74 Å². The molecule has 5 heteroatoms. The van der Waals surface area contributed by atoms with E-state index in [9.17, 15) is 9.50 Å². The summed E-state index contributed by atoms with van der Waals surface area (Å²) in [7, 11) is 1.45. The van der Waals surface area contributed by atoms with Crippen molar-refractivity contribution >= 4 is 0 Å². The van der Waals surface area contributed by atoms with Crippen molar-refractivity contribution in [2.45, 2.75) is 25.5 Å². The molecule has 2 rings (SSSR count). The number of rotatable bonds is 7. The van der Waals surface area contributed by atoms with E-state index in [2.05, 4.69) is 10.2 Å². The van der Waals surface area contributed by atoms with Crippen molar-refractivity contribution in [2.75, 3.05) is 33.3 Å². The first kappa shape index (κ1) is 15.2. The smallest absolute Gasteiger partial charge is 0.165 e.